The van der Waals surface area contributed by atoms with Gasteiger partial charge in [-0.2, -0.15) is 0 Å². The second-order valence-corrected chi connectivity index (χ2v) is 9.34. The monoisotopic (exact) mass is 412 g/mol. The third kappa shape index (κ3) is 4.97. The van der Waals surface area contributed by atoms with Crippen molar-refractivity contribution in [1.29, 1.82) is 0 Å². The van der Waals surface area contributed by atoms with Gasteiger partial charge in [0, 0.05) is 23.9 Å². The Morgan fingerprint density at radius 2 is 2.05 bits per heavy atom. The van der Waals surface area contributed by atoms with Crippen molar-refractivity contribution in [2.45, 2.75) is 44.6 Å². The molecule has 5 nitrogen and oxygen atoms in total. The highest BCUT2D eigenvalue weighted by atomic mass is 79.9. The summed E-state index contributed by atoms with van der Waals surface area (Å²) in [6.45, 7) is 6.92. The number of nitrogens with zero attached hydrogens (tertiary/aromatic N) is 1. The molecule has 0 fully saturated rings. The van der Waals surface area contributed by atoms with Gasteiger partial charge < -0.3 is 10.2 Å². The number of nitrogens with one attached hydrogen (secondary N) is 1. The quantitative estimate of drug-likeness (QED) is 0.669. The minimum absolute atomic E-state index is 0.388. The lowest BCUT2D eigenvalue weighted by atomic mass is 9.92. The maximum atomic E-state index is 12.4. The minimum Gasteiger partial charge on any atom is -0.394 e. The first-order chi connectivity index (χ1) is 10.1. The van der Waals surface area contributed by atoms with Crippen LogP contribution in [0.1, 0.15) is 39.3 Å². The van der Waals surface area contributed by atoms with Gasteiger partial charge in [-0.05, 0) is 36.7 Å². The van der Waals surface area contributed by atoms with Crippen LogP contribution in [-0.2, 0) is 11.0 Å². The van der Waals surface area contributed by atoms with E-state index in [0.717, 1.165) is 0 Å². The van der Waals surface area contributed by atoms with Gasteiger partial charge in [-0.15, -0.1) is 0 Å². The van der Waals surface area contributed by atoms with E-state index in [1.54, 1.807) is 19.3 Å². The van der Waals surface area contributed by atoms with Crippen LogP contribution in [0.2, 0.25) is 5.02 Å². The molecule has 0 bridgehead atoms. The summed E-state index contributed by atoms with van der Waals surface area (Å²) in [7, 11) is -1.37. The average molecular weight is 414 g/mol. The molecule has 126 valence electrons. The summed E-state index contributed by atoms with van der Waals surface area (Å²) in [6, 6.07) is -0.514. The summed E-state index contributed by atoms with van der Waals surface area (Å²) in [5, 5.41) is 19.6. The Kier molecular flexibility index (Phi) is 7.42. The average Bonchev–Trinajstić information content (AvgIpc) is 2.45. The van der Waals surface area contributed by atoms with Gasteiger partial charge in [0.15, 0.2) is 0 Å². The van der Waals surface area contributed by atoms with Crippen LogP contribution in [0, 0.1) is 5.92 Å². The van der Waals surface area contributed by atoms with Crippen LogP contribution in [0.25, 0.3) is 0 Å². The van der Waals surface area contributed by atoms with Crippen molar-refractivity contribution in [2.75, 3.05) is 6.61 Å². The summed E-state index contributed by atoms with van der Waals surface area (Å²) in [5.74, 6) is -0.412. The molecule has 0 aliphatic heterocycles. The molecule has 1 aromatic rings. The first-order valence-corrected chi connectivity index (χ1v) is 9.17. The first kappa shape index (κ1) is 20.0. The molecule has 1 rings (SSSR count). The second kappa shape index (κ2) is 8.17. The molecule has 1 heterocycles. The number of rotatable bonds is 6. The van der Waals surface area contributed by atoms with Crippen molar-refractivity contribution in [3.05, 3.63) is 27.5 Å². The first-order valence-electron chi connectivity index (χ1n) is 6.85. The van der Waals surface area contributed by atoms with Crippen LogP contribution in [0.3, 0.4) is 0 Å². The lowest BCUT2D eigenvalue weighted by Crippen LogP contribution is -2.41. The zero-order valence-corrected chi connectivity index (χ0v) is 16.2. The number of halogens is 2. The van der Waals surface area contributed by atoms with Crippen molar-refractivity contribution in [3.8, 4) is 0 Å². The highest BCUT2D eigenvalue weighted by molar-refractivity contribution is 9.10. The summed E-state index contributed by atoms with van der Waals surface area (Å²) in [5.41, 5.74) is 0.619. The Morgan fingerprint density at radius 3 is 2.55 bits per heavy atom. The van der Waals surface area contributed by atoms with E-state index >= 15 is 0 Å². The molecule has 1 aromatic heterocycles. The largest absolute Gasteiger partial charge is 0.394 e. The summed E-state index contributed by atoms with van der Waals surface area (Å²) in [4.78, 5) is 4.09. The number of hydrogen-bond acceptors (Lipinski definition) is 4. The van der Waals surface area contributed by atoms with Crippen LogP contribution in [0.5, 0.6) is 0 Å². The van der Waals surface area contributed by atoms with Gasteiger partial charge in [0.05, 0.1) is 44.0 Å². The molecule has 22 heavy (non-hydrogen) atoms. The molecule has 0 aliphatic rings. The molecule has 0 radical (unpaired) electrons. The molecule has 4 unspecified atom stereocenters. The van der Waals surface area contributed by atoms with E-state index in [2.05, 4.69) is 25.6 Å². The van der Waals surface area contributed by atoms with E-state index in [0.29, 0.717) is 15.1 Å². The third-order valence-corrected chi connectivity index (χ3v) is 6.14. The van der Waals surface area contributed by atoms with Gasteiger partial charge in [0.25, 0.3) is 0 Å². The molecule has 0 aromatic carbocycles. The van der Waals surface area contributed by atoms with Crippen LogP contribution in [0.15, 0.2) is 16.9 Å². The van der Waals surface area contributed by atoms with E-state index in [-0.39, 0.29) is 6.61 Å². The van der Waals surface area contributed by atoms with E-state index < -0.39 is 33.8 Å². The van der Waals surface area contributed by atoms with Gasteiger partial charge in [-0.1, -0.05) is 18.5 Å². The van der Waals surface area contributed by atoms with E-state index in [1.165, 1.54) is 0 Å². The van der Waals surface area contributed by atoms with Gasteiger partial charge >= 0.3 is 0 Å². The standard InChI is InChI=1S/C14H22BrClN2O3S/c1-8(11(20)7-19)13(18-22(21)14(2,3)4)9-5-17-6-10(15)12(9)16/h5-6,8,11,13,18-20H,7H2,1-4H3. The van der Waals surface area contributed by atoms with Crippen LogP contribution >= 0.6 is 27.5 Å². The highest BCUT2D eigenvalue weighted by Crippen LogP contribution is 2.34. The van der Waals surface area contributed by atoms with Crippen molar-refractivity contribution >= 4 is 38.5 Å². The maximum absolute atomic E-state index is 12.4. The zero-order valence-electron chi connectivity index (χ0n) is 13.0. The molecule has 4 atom stereocenters. The fourth-order valence-corrected chi connectivity index (χ4v) is 3.27. The molecule has 3 N–H and O–H groups in total. The van der Waals surface area contributed by atoms with Gasteiger partial charge in [0.2, 0.25) is 0 Å². The van der Waals surface area contributed by atoms with Crippen molar-refractivity contribution in [3.63, 3.8) is 0 Å². The Labute approximate surface area is 147 Å². The molecule has 0 saturated heterocycles. The number of aromatic nitrogens is 1. The maximum Gasteiger partial charge on any atom is 0.0976 e. The predicted octanol–water partition coefficient (Wildman–Crippen LogP) is 2.58. The van der Waals surface area contributed by atoms with Crippen molar-refractivity contribution in [2.24, 2.45) is 5.92 Å². The Bertz CT molecular complexity index is 539. The Hall–Kier alpha value is -0.0500. The predicted molar refractivity (Wildman–Crippen MR) is 93.0 cm³/mol. The van der Waals surface area contributed by atoms with E-state index in [9.17, 15) is 14.4 Å². The fourth-order valence-electron chi connectivity index (χ4n) is 1.79. The summed E-state index contributed by atoms with van der Waals surface area (Å²) >= 11 is 9.62. The molecule has 0 spiro atoms. The van der Waals surface area contributed by atoms with Gasteiger partial charge in [-0.3, -0.25) is 4.98 Å². The zero-order chi connectivity index (χ0) is 17.1. The smallest absolute Gasteiger partial charge is 0.0976 e. The normalized spacial score (nSPS) is 17.8. The van der Waals surface area contributed by atoms with Crippen molar-refractivity contribution in [1.82, 2.24) is 9.71 Å². The number of pyridine rings is 1. The highest BCUT2D eigenvalue weighted by Gasteiger charge is 2.32. The SMILES string of the molecule is CC(C(O)CO)C(NS(=O)C(C)(C)C)c1cncc(Br)c1Cl. The topological polar surface area (TPSA) is 82.5 Å². The van der Waals surface area contributed by atoms with Crippen LogP contribution in [-0.4, -0.2) is 36.9 Å². The van der Waals surface area contributed by atoms with Gasteiger partial charge in [-0.25, -0.2) is 8.93 Å². The van der Waals surface area contributed by atoms with Crippen LogP contribution in [0.4, 0.5) is 0 Å². The summed E-state index contributed by atoms with van der Waals surface area (Å²) in [6.07, 6.45) is 2.17. The van der Waals surface area contributed by atoms with E-state index in [1.807, 2.05) is 20.8 Å². The molecule has 0 aliphatic carbocycles. The molecule has 8 heteroatoms. The van der Waals surface area contributed by atoms with Gasteiger partial charge in [0.1, 0.15) is 0 Å². The van der Waals surface area contributed by atoms with Crippen LogP contribution < -0.4 is 4.72 Å². The molecular weight excluding hydrogens is 392 g/mol. The Morgan fingerprint density at radius 1 is 1.45 bits per heavy atom. The summed E-state index contributed by atoms with van der Waals surface area (Å²) < 4.78 is 15.6. The third-order valence-electron chi connectivity index (χ3n) is 3.31. The lowest BCUT2D eigenvalue weighted by Gasteiger charge is -2.31. The number of aliphatic hydroxyl groups is 2. The number of hydrogen-bond donors (Lipinski definition) is 3. The molecule has 0 saturated carbocycles. The minimum atomic E-state index is -1.37. The Balaban J connectivity index is 3.22. The fraction of sp³-hybridized carbons (Fsp3) is 0.643. The lowest BCUT2D eigenvalue weighted by molar-refractivity contribution is 0.0417. The molecule has 0 amide bonds. The van der Waals surface area contributed by atoms with E-state index in [4.69, 9.17) is 11.6 Å². The number of aliphatic hydroxyl groups excluding tert-OH is 2. The second-order valence-electron chi connectivity index (χ2n) is 6.11. The molecular formula is C14H22BrClN2O3S. The van der Waals surface area contributed by atoms with Crippen molar-refractivity contribution < 1.29 is 14.4 Å².